The molecule has 1 aliphatic rings. The summed E-state index contributed by atoms with van der Waals surface area (Å²) in [5.74, 6) is -0.265. The first-order chi connectivity index (χ1) is 9.00. The average molecular weight is 332 g/mol. The van der Waals surface area contributed by atoms with E-state index in [2.05, 4.69) is 21.2 Å². The zero-order valence-corrected chi connectivity index (χ0v) is 12.5. The van der Waals surface area contributed by atoms with Gasteiger partial charge in [0.2, 0.25) is 0 Å². The van der Waals surface area contributed by atoms with Gasteiger partial charge in [0.25, 0.3) is 0 Å². The summed E-state index contributed by atoms with van der Waals surface area (Å²) < 4.78 is 18.9. The van der Waals surface area contributed by atoms with Crippen molar-refractivity contribution in [3.8, 4) is 0 Å². The lowest BCUT2D eigenvalue weighted by Gasteiger charge is -2.33. The number of nitrogens with one attached hydrogen (secondary N) is 1. The maximum atomic E-state index is 13.2. The summed E-state index contributed by atoms with van der Waals surface area (Å²) in [6, 6.07) is 5.02. The lowest BCUT2D eigenvalue weighted by molar-refractivity contribution is -0.0626. The molecule has 0 amide bonds. The zero-order valence-electron chi connectivity index (χ0n) is 11.0. The van der Waals surface area contributed by atoms with Crippen LogP contribution in [-0.2, 0) is 4.74 Å². The van der Waals surface area contributed by atoms with E-state index in [9.17, 15) is 9.50 Å². The molecule has 0 spiro atoms. The van der Waals surface area contributed by atoms with Crippen molar-refractivity contribution >= 4 is 15.9 Å². The van der Waals surface area contributed by atoms with Gasteiger partial charge in [0.1, 0.15) is 5.82 Å². The summed E-state index contributed by atoms with van der Waals surface area (Å²) in [6.07, 6.45) is 1.31. The van der Waals surface area contributed by atoms with E-state index in [1.807, 2.05) is 6.92 Å². The lowest BCUT2D eigenvalue weighted by Crippen LogP contribution is -2.45. The predicted octanol–water partition coefficient (Wildman–Crippen LogP) is 2.78. The van der Waals surface area contributed by atoms with Crippen LogP contribution in [0.5, 0.6) is 0 Å². The van der Waals surface area contributed by atoms with E-state index >= 15 is 0 Å². The molecule has 1 fully saturated rings. The van der Waals surface area contributed by atoms with Crippen molar-refractivity contribution in [3.63, 3.8) is 0 Å². The number of ether oxygens (including phenoxy) is 1. The minimum absolute atomic E-state index is 0.0590. The number of hydrogen-bond acceptors (Lipinski definition) is 3. The molecule has 1 saturated heterocycles. The van der Waals surface area contributed by atoms with E-state index in [1.165, 1.54) is 6.07 Å². The topological polar surface area (TPSA) is 41.5 Å². The number of rotatable bonds is 4. The molecule has 0 radical (unpaired) electrons. The minimum atomic E-state index is -0.691. The Morgan fingerprint density at radius 1 is 1.47 bits per heavy atom. The molecular weight excluding hydrogens is 313 g/mol. The summed E-state index contributed by atoms with van der Waals surface area (Å²) in [5, 5.41) is 13.7. The summed E-state index contributed by atoms with van der Waals surface area (Å²) in [5.41, 5.74) is 0.299. The molecule has 0 bridgehead atoms. The smallest absolute Gasteiger partial charge is 0.137 e. The first-order valence-corrected chi connectivity index (χ1v) is 7.28. The Hall–Kier alpha value is -0.490. The van der Waals surface area contributed by atoms with Gasteiger partial charge in [-0.05, 0) is 40.5 Å². The highest BCUT2D eigenvalue weighted by Gasteiger charge is 2.29. The molecule has 1 unspecified atom stereocenters. The zero-order chi connectivity index (χ0) is 13.9. The second kappa shape index (κ2) is 6.31. The predicted molar refractivity (Wildman–Crippen MR) is 75.5 cm³/mol. The van der Waals surface area contributed by atoms with Gasteiger partial charge in [-0.2, -0.15) is 0 Å². The molecular formula is C14H19BrFNO2. The van der Waals surface area contributed by atoms with Crippen molar-refractivity contribution in [2.45, 2.75) is 31.4 Å². The van der Waals surface area contributed by atoms with E-state index in [0.717, 1.165) is 5.56 Å². The standard InChI is InChI=1S/C14H19BrFNO2/c1-10(11-2-3-13(16)12(15)8-11)17-9-14(18)4-6-19-7-5-14/h2-3,8,10,17-18H,4-7,9H2,1H3. The van der Waals surface area contributed by atoms with Crippen molar-refractivity contribution in [1.82, 2.24) is 5.32 Å². The minimum Gasteiger partial charge on any atom is -0.388 e. The van der Waals surface area contributed by atoms with E-state index in [0.29, 0.717) is 37.1 Å². The molecule has 1 aromatic carbocycles. The molecule has 2 rings (SSSR count). The third kappa shape index (κ3) is 3.99. The first kappa shape index (κ1) is 14.9. The Bertz CT molecular complexity index is 435. The Morgan fingerprint density at radius 2 is 2.16 bits per heavy atom. The molecule has 5 heteroatoms. The highest BCUT2D eigenvalue weighted by molar-refractivity contribution is 9.10. The Morgan fingerprint density at radius 3 is 2.79 bits per heavy atom. The number of benzene rings is 1. The van der Waals surface area contributed by atoms with Crippen molar-refractivity contribution in [3.05, 3.63) is 34.1 Å². The largest absolute Gasteiger partial charge is 0.388 e. The molecule has 106 valence electrons. The van der Waals surface area contributed by atoms with Gasteiger partial charge in [-0.3, -0.25) is 0 Å². The van der Waals surface area contributed by atoms with Crippen molar-refractivity contribution in [2.24, 2.45) is 0 Å². The van der Waals surface area contributed by atoms with Crippen LogP contribution in [0, 0.1) is 5.82 Å². The van der Waals surface area contributed by atoms with Gasteiger partial charge < -0.3 is 15.2 Å². The summed E-state index contributed by atoms with van der Waals surface area (Å²) in [6.45, 7) is 3.73. The molecule has 1 atom stereocenters. The normalized spacial score (nSPS) is 20.2. The van der Waals surface area contributed by atoms with Crippen molar-refractivity contribution in [2.75, 3.05) is 19.8 Å². The van der Waals surface area contributed by atoms with Crippen LogP contribution in [0.25, 0.3) is 0 Å². The quantitative estimate of drug-likeness (QED) is 0.891. The van der Waals surface area contributed by atoms with Crippen LogP contribution < -0.4 is 5.32 Å². The molecule has 3 nitrogen and oxygen atoms in total. The highest BCUT2D eigenvalue weighted by atomic mass is 79.9. The summed E-state index contributed by atoms with van der Waals surface area (Å²) >= 11 is 3.18. The first-order valence-electron chi connectivity index (χ1n) is 6.49. The number of aliphatic hydroxyl groups is 1. The second-order valence-corrected chi connectivity index (χ2v) is 5.97. The van der Waals surface area contributed by atoms with E-state index in [-0.39, 0.29) is 11.9 Å². The second-order valence-electron chi connectivity index (χ2n) is 5.11. The fourth-order valence-electron chi connectivity index (χ4n) is 2.17. The maximum Gasteiger partial charge on any atom is 0.137 e. The van der Waals surface area contributed by atoms with Gasteiger partial charge in [0.15, 0.2) is 0 Å². The Balaban J connectivity index is 1.93. The van der Waals surface area contributed by atoms with Gasteiger partial charge in [0, 0.05) is 38.6 Å². The molecule has 1 aliphatic heterocycles. The molecule has 2 N–H and O–H groups in total. The average Bonchev–Trinajstić information content (AvgIpc) is 2.40. The van der Waals surface area contributed by atoms with E-state index < -0.39 is 5.60 Å². The van der Waals surface area contributed by atoms with Gasteiger partial charge in [-0.25, -0.2) is 4.39 Å². The molecule has 19 heavy (non-hydrogen) atoms. The van der Waals surface area contributed by atoms with Crippen molar-refractivity contribution in [1.29, 1.82) is 0 Å². The summed E-state index contributed by atoms with van der Waals surface area (Å²) in [7, 11) is 0. The fourth-order valence-corrected chi connectivity index (χ4v) is 2.57. The molecule has 1 heterocycles. The fraction of sp³-hybridized carbons (Fsp3) is 0.571. The highest BCUT2D eigenvalue weighted by Crippen LogP contribution is 2.23. The van der Waals surface area contributed by atoms with E-state index in [4.69, 9.17) is 4.74 Å². The Labute approximate surface area is 121 Å². The lowest BCUT2D eigenvalue weighted by atomic mass is 9.94. The van der Waals surface area contributed by atoms with Crippen LogP contribution in [0.1, 0.15) is 31.4 Å². The Kier molecular flexibility index (Phi) is 4.95. The third-order valence-electron chi connectivity index (χ3n) is 3.60. The van der Waals surface area contributed by atoms with Crippen LogP contribution in [0.3, 0.4) is 0 Å². The van der Waals surface area contributed by atoms with Gasteiger partial charge in [-0.15, -0.1) is 0 Å². The van der Waals surface area contributed by atoms with Crippen LogP contribution >= 0.6 is 15.9 Å². The van der Waals surface area contributed by atoms with Crippen molar-refractivity contribution < 1.29 is 14.2 Å². The van der Waals surface area contributed by atoms with Crippen LogP contribution in [0.2, 0.25) is 0 Å². The monoisotopic (exact) mass is 331 g/mol. The molecule has 0 aromatic heterocycles. The van der Waals surface area contributed by atoms with Crippen LogP contribution in [0.4, 0.5) is 4.39 Å². The van der Waals surface area contributed by atoms with Gasteiger partial charge >= 0.3 is 0 Å². The third-order valence-corrected chi connectivity index (χ3v) is 4.21. The van der Waals surface area contributed by atoms with Gasteiger partial charge in [0.05, 0.1) is 10.1 Å². The molecule has 0 aliphatic carbocycles. The summed E-state index contributed by atoms with van der Waals surface area (Å²) in [4.78, 5) is 0. The SMILES string of the molecule is CC(NCC1(O)CCOCC1)c1ccc(F)c(Br)c1. The maximum absolute atomic E-state index is 13.2. The van der Waals surface area contributed by atoms with Gasteiger partial charge in [-0.1, -0.05) is 6.07 Å². The van der Waals surface area contributed by atoms with Crippen LogP contribution in [-0.4, -0.2) is 30.5 Å². The van der Waals surface area contributed by atoms with Crippen LogP contribution in [0.15, 0.2) is 22.7 Å². The number of hydrogen-bond donors (Lipinski definition) is 2. The molecule has 1 aromatic rings. The van der Waals surface area contributed by atoms with E-state index in [1.54, 1.807) is 12.1 Å². The molecule has 0 saturated carbocycles. The number of halogens is 2.